The Morgan fingerprint density at radius 2 is 2.06 bits per heavy atom. The van der Waals surface area contributed by atoms with Gasteiger partial charge in [0.1, 0.15) is 39.1 Å². The van der Waals surface area contributed by atoms with E-state index in [1.54, 1.807) is 33.8 Å². The lowest BCUT2D eigenvalue weighted by atomic mass is 9.89. The highest BCUT2D eigenvalue weighted by molar-refractivity contribution is 7.96. The number of nitrogens with one attached hydrogen (secondary N) is 1. The van der Waals surface area contributed by atoms with Crippen LogP contribution in [0.1, 0.15) is 48.9 Å². The van der Waals surface area contributed by atoms with Crippen molar-refractivity contribution in [1.29, 1.82) is 0 Å². The van der Waals surface area contributed by atoms with Crippen molar-refractivity contribution in [2.75, 3.05) is 11.9 Å². The summed E-state index contributed by atoms with van der Waals surface area (Å²) in [5, 5.41) is 2.49. The number of pyridine rings is 2. The lowest BCUT2D eigenvalue weighted by molar-refractivity contribution is 0.102. The topological polar surface area (TPSA) is 123 Å². The summed E-state index contributed by atoms with van der Waals surface area (Å²) in [7, 11) is -2.83. The van der Waals surface area contributed by atoms with Crippen molar-refractivity contribution in [1.82, 2.24) is 9.97 Å². The maximum Gasteiger partial charge on any atom is 0.275 e. The van der Waals surface area contributed by atoms with E-state index >= 15 is 4.39 Å². The van der Waals surface area contributed by atoms with Gasteiger partial charge in [-0.2, -0.15) is 0 Å². The molecule has 2 aliphatic rings. The van der Waals surface area contributed by atoms with Crippen molar-refractivity contribution < 1.29 is 13.4 Å². The number of anilines is 1. The molecule has 0 radical (unpaired) electrons. The number of rotatable bonds is 3. The van der Waals surface area contributed by atoms with Crippen molar-refractivity contribution in [2.24, 2.45) is 15.1 Å². The predicted octanol–water partition coefficient (Wildman–Crippen LogP) is 3.43. The fourth-order valence-corrected chi connectivity index (χ4v) is 7.66. The van der Waals surface area contributed by atoms with Gasteiger partial charge in [0.15, 0.2) is 0 Å². The van der Waals surface area contributed by atoms with Crippen LogP contribution >= 0.6 is 11.6 Å². The first-order valence-electron chi connectivity index (χ1n) is 10.1. The number of halogens is 2. The molecule has 0 bridgehead atoms. The number of hydrogen-bond acceptors (Lipinski definition) is 7. The minimum Gasteiger partial charge on any atom is -0.386 e. The Balaban J connectivity index is 1.76. The van der Waals surface area contributed by atoms with Crippen LogP contribution in [-0.4, -0.2) is 42.5 Å². The molecule has 4 rings (SSSR count). The number of nitrogens with two attached hydrogens (primary N) is 1. The summed E-state index contributed by atoms with van der Waals surface area (Å²) >= 11 is 5.91. The maximum atomic E-state index is 15.0. The molecule has 3 atom stereocenters. The monoisotopic (exact) mass is 478 g/mol. The second-order valence-electron chi connectivity index (χ2n) is 8.65. The van der Waals surface area contributed by atoms with Gasteiger partial charge in [-0.15, -0.1) is 0 Å². The molecule has 0 saturated carbocycles. The Morgan fingerprint density at radius 1 is 1.34 bits per heavy atom. The van der Waals surface area contributed by atoms with Crippen molar-refractivity contribution in [2.45, 2.75) is 49.7 Å². The second kappa shape index (κ2) is 7.48. The smallest absolute Gasteiger partial charge is 0.275 e. The summed E-state index contributed by atoms with van der Waals surface area (Å²) in [6.45, 7) is 7.25. The highest BCUT2D eigenvalue weighted by Gasteiger charge is 2.57. The largest absolute Gasteiger partial charge is 0.386 e. The predicted molar refractivity (Wildman–Crippen MR) is 123 cm³/mol. The molecular weight excluding hydrogens is 455 g/mol. The first-order valence-corrected chi connectivity index (χ1v) is 12.0. The minimum absolute atomic E-state index is 0.0376. The fraction of sp³-hybridized carbons (Fsp3) is 0.429. The number of amides is 1. The molecule has 8 nitrogen and oxygen atoms in total. The van der Waals surface area contributed by atoms with Gasteiger partial charge in [0, 0.05) is 12.7 Å². The first kappa shape index (κ1) is 22.6. The van der Waals surface area contributed by atoms with Crippen LogP contribution in [0, 0.1) is 12.7 Å². The highest BCUT2D eigenvalue weighted by atomic mass is 35.5. The lowest BCUT2D eigenvalue weighted by Crippen LogP contribution is -2.58. The SMILES string of the molecule is Cc1cc(Cl)cnc1C(=O)Nc1ccc(F)c([C@@]2(C)N=C(N)C(C)(C)[S@]3(=O)=NCC[C@H]23)n1. The summed E-state index contributed by atoms with van der Waals surface area (Å²) in [5.74, 6) is -0.884. The molecule has 32 heavy (non-hydrogen) atoms. The van der Waals surface area contributed by atoms with E-state index in [0.717, 1.165) is 0 Å². The normalized spacial score (nSPS) is 28.4. The molecule has 0 aliphatic carbocycles. The second-order valence-corrected chi connectivity index (χ2v) is 12.1. The molecule has 3 N–H and O–H groups in total. The number of carbonyl (C=O) groups excluding carboxylic acids is 1. The zero-order chi connectivity index (χ0) is 23.5. The van der Waals surface area contributed by atoms with E-state index in [4.69, 9.17) is 17.3 Å². The van der Waals surface area contributed by atoms with Crippen LogP contribution in [0.5, 0.6) is 0 Å². The van der Waals surface area contributed by atoms with Gasteiger partial charge in [-0.25, -0.2) is 22.9 Å². The van der Waals surface area contributed by atoms with E-state index in [1.807, 2.05) is 0 Å². The van der Waals surface area contributed by atoms with Gasteiger partial charge in [-0.1, -0.05) is 11.6 Å². The van der Waals surface area contributed by atoms with Crippen LogP contribution in [0.3, 0.4) is 0 Å². The Kier molecular flexibility index (Phi) is 5.28. The first-order chi connectivity index (χ1) is 14.9. The number of fused-ring (bicyclic) bond motifs is 1. The van der Waals surface area contributed by atoms with Crippen molar-refractivity contribution >= 4 is 38.9 Å². The molecule has 170 valence electrons. The van der Waals surface area contributed by atoms with Crippen molar-refractivity contribution in [3.05, 3.63) is 52.2 Å². The molecule has 4 heterocycles. The zero-order valence-electron chi connectivity index (χ0n) is 18.1. The van der Waals surface area contributed by atoms with E-state index in [9.17, 15) is 9.00 Å². The zero-order valence-corrected chi connectivity index (χ0v) is 19.7. The van der Waals surface area contributed by atoms with Crippen molar-refractivity contribution in [3.63, 3.8) is 0 Å². The minimum atomic E-state index is -2.83. The maximum absolute atomic E-state index is 15.0. The molecule has 0 fully saturated rings. The third kappa shape index (κ3) is 3.27. The third-order valence-corrected chi connectivity index (χ3v) is 10.1. The van der Waals surface area contributed by atoms with Gasteiger partial charge in [0.25, 0.3) is 5.91 Å². The number of aliphatic imine (C=N–C) groups is 1. The Morgan fingerprint density at radius 3 is 2.75 bits per heavy atom. The van der Waals surface area contributed by atoms with E-state index < -0.39 is 37.0 Å². The number of carbonyl (C=O) groups is 1. The Labute approximate surface area is 191 Å². The summed E-state index contributed by atoms with van der Waals surface area (Å²) in [5.41, 5.74) is 5.64. The quantitative estimate of drug-likeness (QED) is 0.699. The summed E-state index contributed by atoms with van der Waals surface area (Å²) in [4.78, 5) is 25.7. The van der Waals surface area contributed by atoms with Crippen LogP contribution in [0.2, 0.25) is 5.02 Å². The fourth-order valence-electron chi connectivity index (χ4n) is 4.30. The molecule has 0 saturated heterocycles. The van der Waals surface area contributed by atoms with Crippen molar-refractivity contribution in [3.8, 4) is 0 Å². The highest BCUT2D eigenvalue weighted by Crippen LogP contribution is 2.47. The van der Waals surface area contributed by atoms with Gasteiger partial charge < -0.3 is 11.1 Å². The summed E-state index contributed by atoms with van der Waals surface area (Å²) < 4.78 is 32.4. The molecule has 11 heteroatoms. The van der Waals surface area contributed by atoms with Gasteiger partial charge in [0.2, 0.25) is 0 Å². The van der Waals surface area contributed by atoms with Crippen LogP contribution in [-0.2, 0) is 15.3 Å². The molecular formula is C21H24ClFN6O2S. The number of nitrogens with zero attached hydrogens (tertiary/aromatic N) is 4. The number of aryl methyl sites for hydroxylation is 1. The van der Waals surface area contributed by atoms with Gasteiger partial charge in [0.05, 0.1) is 20.0 Å². The summed E-state index contributed by atoms with van der Waals surface area (Å²) in [6.07, 6.45) is 1.84. The third-order valence-electron chi connectivity index (χ3n) is 6.21. The molecule has 2 aromatic rings. The number of hydrogen-bond donors (Lipinski definition) is 2. The van der Waals surface area contributed by atoms with Crippen LogP contribution < -0.4 is 11.1 Å². The standard InChI is InChI=1S/C21H24ClFN6O2S/c1-11-9-12(22)10-25-16(11)18(30)28-15-6-5-13(23)17(27-15)21(4)14-7-8-26-32(14,31)20(2,3)19(24)29-21/h5-6,9-10,14H,7-8H2,1-4H3,(H2,24,29)(H,27,28,30)/t14-,21+,32+/m1/s1. The van der Waals surface area contributed by atoms with Gasteiger partial charge >= 0.3 is 0 Å². The van der Waals surface area contributed by atoms with Crippen LogP contribution in [0.4, 0.5) is 10.2 Å². The van der Waals surface area contributed by atoms with E-state index in [-0.39, 0.29) is 23.0 Å². The average Bonchev–Trinajstić information content (AvgIpc) is 3.13. The Bertz CT molecular complexity index is 1290. The van der Waals surface area contributed by atoms with Gasteiger partial charge in [-0.3, -0.25) is 9.79 Å². The molecule has 2 aliphatic heterocycles. The lowest BCUT2D eigenvalue weighted by Gasteiger charge is -2.44. The van der Waals surface area contributed by atoms with Crippen LogP contribution in [0.15, 0.2) is 33.8 Å². The van der Waals surface area contributed by atoms with E-state index in [1.165, 1.54) is 18.3 Å². The number of aromatic nitrogens is 2. The molecule has 1 amide bonds. The Hall–Kier alpha value is -2.59. The summed E-state index contributed by atoms with van der Waals surface area (Å²) in [6, 6.07) is 4.17. The van der Waals surface area contributed by atoms with E-state index in [0.29, 0.717) is 23.6 Å². The molecule has 0 spiro atoms. The molecule has 0 unspecified atom stereocenters. The van der Waals surface area contributed by atoms with Gasteiger partial charge in [-0.05, 0) is 57.9 Å². The number of amidine groups is 1. The average molecular weight is 479 g/mol. The van der Waals surface area contributed by atoms with E-state index in [2.05, 4.69) is 24.6 Å². The molecule has 0 aromatic carbocycles. The van der Waals surface area contributed by atoms with Crippen LogP contribution in [0.25, 0.3) is 0 Å². The molecule has 2 aromatic heterocycles.